The number of ether oxygens (including phenoxy) is 1. The predicted octanol–water partition coefficient (Wildman–Crippen LogP) is 5.85. The summed E-state index contributed by atoms with van der Waals surface area (Å²) in [5, 5.41) is 0.446. The zero-order valence-electron chi connectivity index (χ0n) is 12.5. The number of carbonyl (C=O) groups excluding carboxylic acids is 1. The van der Waals surface area contributed by atoms with E-state index in [0.717, 1.165) is 17.7 Å². The molecule has 0 saturated carbocycles. The van der Waals surface area contributed by atoms with Crippen molar-refractivity contribution in [3.8, 4) is 11.5 Å². The average Bonchev–Trinajstić information content (AvgIpc) is 2.49. The van der Waals surface area contributed by atoms with Crippen molar-refractivity contribution >= 4 is 17.4 Å². The van der Waals surface area contributed by atoms with Crippen LogP contribution in [0.15, 0.2) is 42.5 Å². The monoisotopic (exact) mass is 302 g/mol. The molecule has 2 aromatic carbocycles. The van der Waals surface area contributed by atoms with Gasteiger partial charge in [-0.1, -0.05) is 43.6 Å². The largest absolute Gasteiger partial charge is 0.456 e. The minimum absolute atomic E-state index is 0.0107. The van der Waals surface area contributed by atoms with Gasteiger partial charge in [0.05, 0.1) is 5.02 Å². The lowest BCUT2D eigenvalue weighted by atomic mass is 9.98. The van der Waals surface area contributed by atoms with Gasteiger partial charge in [-0.2, -0.15) is 0 Å². The number of para-hydroxylation sites is 1. The summed E-state index contributed by atoms with van der Waals surface area (Å²) >= 11 is 6.21. The Balaban J connectivity index is 2.33. The molecule has 0 radical (unpaired) electrons. The average molecular weight is 303 g/mol. The molecule has 1 unspecified atom stereocenters. The van der Waals surface area contributed by atoms with E-state index in [1.807, 2.05) is 18.2 Å². The number of rotatable bonds is 5. The molecule has 0 heterocycles. The van der Waals surface area contributed by atoms with Gasteiger partial charge in [0.2, 0.25) is 0 Å². The highest BCUT2D eigenvalue weighted by atomic mass is 35.5. The molecule has 2 aromatic rings. The van der Waals surface area contributed by atoms with E-state index in [0.29, 0.717) is 22.3 Å². The summed E-state index contributed by atoms with van der Waals surface area (Å²) in [6.07, 6.45) is 1.04. The Kier molecular flexibility index (Phi) is 5.03. The van der Waals surface area contributed by atoms with Crippen LogP contribution in [0.4, 0.5) is 0 Å². The fourth-order valence-corrected chi connectivity index (χ4v) is 2.34. The second-order valence-electron chi connectivity index (χ2n) is 5.15. The van der Waals surface area contributed by atoms with Crippen molar-refractivity contribution < 1.29 is 9.53 Å². The predicted molar refractivity (Wildman–Crippen MR) is 86.7 cm³/mol. The maximum Gasteiger partial charge on any atom is 0.159 e. The van der Waals surface area contributed by atoms with Crippen LogP contribution >= 0.6 is 11.6 Å². The van der Waals surface area contributed by atoms with Crippen LogP contribution in [-0.4, -0.2) is 5.78 Å². The Morgan fingerprint density at radius 1 is 1.19 bits per heavy atom. The quantitative estimate of drug-likeness (QED) is 0.648. The molecule has 0 N–H and O–H groups in total. The summed E-state index contributed by atoms with van der Waals surface area (Å²) in [5.41, 5.74) is 1.74. The van der Waals surface area contributed by atoms with Crippen molar-refractivity contribution in [3.63, 3.8) is 0 Å². The molecule has 0 aromatic heterocycles. The van der Waals surface area contributed by atoms with E-state index in [1.165, 1.54) is 6.92 Å². The Hall–Kier alpha value is -1.80. The Labute approximate surface area is 130 Å². The fourth-order valence-electron chi connectivity index (χ4n) is 2.12. The highest BCUT2D eigenvalue weighted by molar-refractivity contribution is 6.32. The van der Waals surface area contributed by atoms with Gasteiger partial charge in [-0.05, 0) is 49.1 Å². The Morgan fingerprint density at radius 2 is 1.90 bits per heavy atom. The molecular weight excluding hydrogens is 284 g/mol. The third-order valence-electron chi connectivity index (χ3n) is 3.62. The second kappa shape index (κ2) is 6.77. The van der Waals surface area contributed by atoms with Crippen molar-refractivity contribution in [2.24, 2.45) is 0 Å². The molecule has 0 aliphatic rings. The van der Waals surface area contributed by atoms with Crippen molar-refractivity contribution in [1.82, 2.24) is 0 Å². The maximum absolute atomic E-state index is 11.4. The van der Waals surface area contributed by atoms with Crippen LogP contribution in [0.2, 0.25) is 5.02 Å². The smallest absolute Gasteiger partial charge is 0.159 e. The van der Waals surface area contributed by atoms with Gasteiger partial charge in [0.1, 0.15) is 11.5 Å². The Morgan fingerprint density at radius 3 is 2.52 bits per heavy atom. The lowest BCUT2D eigenvalue weighted by molar-refractivity contribution is 0.101. The Bertz CT molecular complexity index is 649. The molecular formula is C18H19ClO2. The van der Waals surface area contributed by atoms with E-state index in [2.05, 4.69) is 19.9 Å². The lowest BCUT2D eigenvalue weighted by Crippen LogP contribution is -1.97. The minimum atomic E-state index is -0.0107. The number of hydrogen-bond donors (Lipinski definition) is 0. The molecule has 0 saturated heterocycles. The second-order valence-corrected chi connectivity index (χ2v) is 5.56. The molecule has 3 heteroatoms. The third kappa shape index (κ3) is 3.64. The van der Waals surface area contributed by atoms with Crippen LogP contribution in [-0.2, 0) is 0 Å². The summed E-state index contributed by atoms with van der Waals surface area (Å²) in [6, 6.07) is 13.1. The van der Waals surface area contributed by atoms with Gasteiger partial charge in [0.25, 0.3) is 0 Å². The van der Waals surface area contributed by atoms with E-state index in [-0.39, 0.29) is 5.78 Å². The van der Waals surface area contributed by atoms with Crippen molar-refractivity contribution in [3.05, 3.63) is 58.6 Å². The van der Waals surface area contributed by atoms with Crippen molar-refractivity contribution in [2.75, 3.05) is 0 Å². The summed E-state index contributed by atoms with van der Waals surface area (Å²) in [7, 11) is 0. The molecule has 0 spiro atoms. The van der Waals surface area contributed by atoms with E-state index in [1.54, 1.807) is 18.2 Å². The van der Waals surface area contributed by atoms with Gasteiger partial charge in [-0.3, -0.25) is 4.79 Å². The standard InChI is InChI=1S/C18H19ClO2/c1-4-12(2)15-7-5-6-8-17(15)21-18-10-9-14(13(3)20)11-16(18)19/h5-12H,4H2,1-3H3. The van der Waals surface area contributed by atoms with Crippen LogP contribution in [0.1, 0.15) is 49.0 Å². The van der Waals surface area contributed by atoms with Crippen LogP contribution < -0.4 is 4.74 Å². The van der Waals surface area contributed by atoms with Crippen LogP contribution in [0.25, 0.3) is 0 Å². The van der Waals surface area contributed by atoms with Gasteiger partial charge in [-0.25, -0.2) is 0 Å². The number of Topliss-reactive ketones (excluding diaryl/α,β-unsaturated/α-hetero) is 1. The lowest BCUT2D eigenvalue weighted by Gasteiger charge is -2.16. The summed E-state index contributed by atoms with van der Waals surface area (Å²) < 4.78 is 5.95. The molecule has 0 fully saturated rings. The first-order valence-electron chi connectivity index (χ1n) is 7.10. The summed E-state index contributed by atoms with van der Waals surface area (Å²) in [5.74, 6) is 1.78. The number of benzene rings is 2. The minimum Gasteiger partial charge on any atom is -0.456 e. The fraction of sp³-hybridized carbons (Fsp3) is 0.278. The van der Waals surface area contributed by atoms with Gasteiger partial charge < -0.3 is 4.74 Å². The van der Waals surface area contributed by atoms with Gasteiger partial charge in [-0.15, -0.1) is 0 Å². The van der Waals surface area contributed by atoms with Crippen LogP contribution in [0, 0.1) is 0 Å². The molecule has 21 heavy (non-hydrogen) atoms. The summed E-state index contributed by atoms with van der Waals surface area (Å²) in [4.78, 5) is 11.4. The van der Waals surface area contributed by atoms with Gasteiger partial charge >= 0.3 is 0 Å². The first kappa shape index (κ1) is 15.6. The highest BCUT2D eigenvalue weighted by Gasteiger charge is 2.12. The number of carbonyl (C=O) groups is 1. The highest BCUT2D eigenvalue weighted by Crippen LogP contribution is 2.35. The molecule has 0 bridgehead atoms. The summed E-state index contributed by atoms with van der Waals surface area (Å²) in [6.45, 7) is 5.84. The molecule has 0 amide bonds. The van der Waals surface area contributed by atoms with E-state index < -0.39 is 0 Å². The van der Waals surface area contributed by atoms with E-state index >= 15 is 0 Å². The molecule has 1 atom stereocenters. The zero-order valence-corrected chi connectivity index (χ0v) is 13.3. The van der Waals surface area contributed by atoms with E-state index in [9.17, 15) is 4.79 Å². The van der Waals surface area contributed by atoms with Gasteiger partial charge in [0.15, 0.2) is 5.78 Å². The van der Waals surface area contributed by atoms with Crippen molar-refractivity contribution in [1.29, 1.82) is 0 Å². The number of halogens is 1. The van der Waals surface area contributed by atoms with Crippen LogP contribution in [0.5, 0.6) is 11.5 Å². The number of ketones is 1. The van der Waals surface area contributed by atoms with Crippen molar-refractivity contribution in [2.45, 2.75) is 33.1 Å². The zero-order chi connectivity index (χ0) is 15.4. The molecule has 0 aliphatic heterocycles. The number of hydrogen-bond acceptors (Lipinski definition) is 2. The van der Waals surface area contributed by atoms with E-state index in [4.69, 9.17) is 16.3 Å². The molecule has 110 valence electrons. The van der Waals surface area contributed by atoms with Gasteiger partial charge in [0, 0.05) is 5.56 Å². The first-order chi connectivity index (χ1) is 10.0. The maximum atomic E-state index is 11.4. The molecule has 0 aliphatic carbocycles. The SMILES string of the molecule is CCC(C)c1ccccc1Oc1ccc(C(C)=O)cc1Cl. The third-order valence-corrected chi connectivity index (χ3v) is 3.92. The molecule has 2 nitrogen and oxygen atoms in total. The molecule has 2 rings (SSSR count). The normalized spacial score (nSPS) is 12.0. The first-order valence-corrected chi connectivity index (χ1v) is 7.48. The topological polar surface area (TPSA) is 26.3 Å². The van der Waals surface area contributed by atoms with Crippen LogP contribution in [0.3, 0.4) is 0 Å².